The van der Waals surface area contributed by atoms with Crippen LogP contribution < -0.4 is 10.6 Å². The third-order valence-electron chi connectivity index (χ3n) is 3.95. The molecule has 0 saturated heterocycles. The molecular formula is C18H32N4. The zero-order valence-corrected chi connectivity index (χ0v) is 14.8. The molecule has 1 unspecified atom stereocenters. The SMILES string of the molecule is CCNC(=NCc1cccc(C)c1)NCCN(C)C(C)CC. The summed E-state index contributed by atoms with van der Waals surface area (Å²) >= 11 is 0. The second-order valence-electron chi connectivity index (χ2n) is 5.85. The quantitative estimate of drug-likeness (QED) is 0.573. The largest absolute Gasteiger partial charge is 0.357 e. The molecule has 124 valence electrons. The molecular weight excluding hydrogens is 272 g/mol. The van der Waals surface area contributed by atoms with Gasteiger partial charge in [0.05, 0.1) is 6.54 Å². The first-order chi connectivity index (χ1) is 10.6. The molecule has 1 aromatic rings. The first kappa shape index (κ1) is 18.5. The summed E-state index contributed by atoms with van der Waals surface area (Å²) in [5, 5.41) is 6.72. The van der Waals surface area contributed by atoms with Crippen molar-refractivity contribution in [2.24, 2.45) is 4.99 Å². The molecule has 0 radical (unpaired) electrons. The normalized spacial score (nSPS) is 13.3. The number of rotatable bonds is 8. The fourth-order valence-electron chi connectivity index (χ4n) is 2.21. The third kappa shape index (κ3) is 6.94. The highest BCUT2D eigenvalue weighted by Gasteiger charge is 2.06. The van der Waals surface area contributed by atoms with Crippen molar-refractivity contribution in [1.29, 1.82) is 0 Å². The van der Waals surface area contributed by atoms with E-state index in [1.165, 1.54) is 17.5 Å². The van der Waals surface area contributed by atoms with Crippen molar-refractivity contribution in [3.63, 3.8) is 0 Å². The van der Waals surface area contributed by atoms with E-state index in [9.17, 15) is 0 Å². The highest BCUT2D eigenvalue weighted by atomic mass is 15.2. The molecule has 0 saturated carbocycles. The maximum absolute atomic E-state index is 4.66. The van der Waals surface area contributed by atoms with E-state index in [-0.39, 0.29) is 0 Å². The Balaban J connectivity index is 2.48. The summed E-state index contributed by atoms with van der Waals surface area (Å²) in [5.41, 5.74) is 2.52. The minimum atomic E-state index is 0.619. The highest BCUT2D eigenvalue weighted by molar-refractivity contribution is 5.79. The predicted molar refractivity (Wildman–Crippen MR) is 96.4 cm³/mol. The standard InChI is InChI=1S/C18H32N4/c1-6-16(4)22(5)12-11-20-18(19-7-2)21-14-17-10-8-9-15(3)13-17/h8-10,13,16H,6-7,11-12,14H2,1-5H3,(H2,19,20,21). The third-order valence-corrected chi connectivity index (χ3v) is 3.95. The average Bonchev–Trinajstić information content (AvgIpc) is 2.51. The topological polar surface area (TPSA) is 39.7 Å². The van der Waals surface area contributed by atoms with Crippen LogP contribution in [0.3, 0.4) is 0 Å². The van der Waals surface area contributed by atoms with Crippen LogP contribution in [0.5, 0.6) is 0 Å². The monoisotopic (exact) mass is 304 g/mol. The summed E-state index contributed by atoms with van der Waals surface area (Å²) in [4.78, 5) is 7.03. The van der Waals surface area contributed by atoms with Crippen LogP contribution in [-0.2, 0) is 6.54 Å². The zero-order chi connectivity index (χ0) is 16.4. The predicted octanol–water partition coefficient (Wildman–Crippen LogP) is 2.78. The van der Waals surface area contributed by atoms with Gasteiger partial charge in [0.1, 0.15) is 0 Å². The lowest BCUT2D eigenvalue weighted by atomic mass is 10.1. The van der Waals surface area contributed by atoms with Gasteiger partial charge in [0.25, 0.3) is 0 Å². The van der Waals surface area contributed by atoms with Crippen LogP contribution in [0.25, 0.3) is 0 Å². The fourth-order valence-corrected chi connectivity index (χ4v) is 2.21. The number of nitrogens with zero attached hydrogens (tertiary/aromatic N) is 2. The van der Waals surface area contributed by atoms with Gasteiger partial charge in [-0.1, -0.05) is 36.8 Å². The summed E-state index contributed by atoms with van der Waals surface area (Å²) in [6, 6.07) is 9.12. The smallest absolute Gasteiger partial charge is 0.191 e. The van der Waals surface area contributed by atoms with Crippen molar-refractivity contribution in [3.8, 4) is 0 Å². The Morgan fingerprint density at radius 2 is 2.05 bits per heavy atom. The van der Waals surface area contributed by atoms with E-state index in [1.54, 1.807) is 0 Å². The minimum Gasteiger partial charge on any atom is -0.357 e. The molecule has 1 rings (SSSR count). The van der Waals surface area contributed by atoms with Crippen molar-refractivity contribution < 1.29 is 0 Å². The van der Waals surface area contributed by atoms with Crippen LogP contribution in [0.2, 0.25) is 0 Å². The summed E-state index contributed by atoms with van der Waals surface area (Å²) in [5.74, 6) is 0.890. The van der Waals surface area contributed by atoms with Crippen molar-refractivity contribution in [2.45, 2.75) is 46.7 Å². The number of benzene rings is 1. The second-order valence-corrected chi connectivity index (χ2v) is 5.85. The van der Waals surface area contributed by atoms with E-state index in [1.807, 2.05) is 0 Å². The molecule has 0 heterocycles. The molecule has 0 aliphatic carbocycles. The Labute approximate surface area is 136 Å². The van der Waals surface area contributed by atoms with Gasteiger partial charge in [-0.2, -0.15) is 0 Å². The van der Waals surface area contributed by atoms with Crippen molar-refractivity contribution in [1.82, 2.24) is 15.5 Å². The van der Waals surface area contributed by atoms with Crippen LogP contribution in [0.4, 0.5) is 0 Å². The van der Waals surface area contributed by atoms with E-state index < -0.39 is 0 Å². The van der Waals surface area contributed by atoms with Crippen molar-refractivity contribution >= 4 is 5.96 Å². The Bertz CT molecular complexity index is 456. The molecule has 4 nitrogen and oxygen atoms in total. The Hall–Kier alpha value is -1.55. The van der Waals surface area contributed by atoms with Gasteiger partial charge in [-0.05, 0) is 39.8 Å². The van der Waals surface area contributed by atoms with Gasteiger partial charge in [-0.15, -0.1) is 0 Å². The lowest BCUT2D eigenvalue weighted by Crippen LogP contribution is -2.42. The van der Waals surface area contributed by atoms with Crippen molar-refractivity contribution in [3.05, 3.63) is 35.4 Å². The van der Waals surface area contributed by atoms with E-state index in [4.69, 9.17) is 0 Å². The fraction of sp³-hybridized carbons (Fsp3) is 0.611. The Kier molecular flexibility index (Phi) is 8.60. The first-order valence-electron chi connectivity index (χ1n) is 8.34. The number of nitrogens with one attached hydrogen (secondary N) is 2. The number of aliphatic imine (C=N–C) groups is 1. The number of guanidine groups is 1. The van der Waals surface area contributed by atoms with Gasteiger partial charge >= 0.3 is 0 Å². The second kappa shape index (κ2) is 10.2. The van der Waals surface area contributed by atoms with Crippen LogP contribution >= 0.6 is 0 Å². The first-order valence-corrected chi connectivity index (χ1v) is 8.34. The maximum Gasteiger partial charge on any atom is 0.191 e. The van der Waals surface area contributed by atoms with Gasteiger partial charge < -0.3 is 15.5 Å². The molecule has 1 aromatic carbocycles. The molecule has 0 aromatic heterocycles. The molecule has 0 aliphatic heterocycles. The molecule has 1 atom stereocenters. The van der Waals surface area contributed by atoms with Crippen LogP contribution in [0.15, 0.2) is 29.3 Å². The summed E-state index contributed by atoms with van der Waals surface area (Å²) in [7, 11) is 2.17. The zero-order valence-electron chi connectivity index (χ0n) is 14.8. The highest BCUT2D eigenvalue weighted by Crippen LogP contribution is 2.05. The maximum atomic E-state index is 4.66. The lowest BCUT2D eigenvalue weighted by Gasteiger charge is -2.24. The molecule has 0 spiro atoms. The van der Waals surface area contributed by atoms with Crippen molar-refractivity contribution in [2.75, 3.05) is 26.7 Å². The summed E-state index contributed by atoms with van der Waals surface area (Å²) < 4.78 is 0. The Morgan fingerprint density at radius 1 is 1.27 bits per heavy atom. The van der Waals surface area contributed by atoms with Crippen LogP contribution in [0, 0.1) is 6.92 Å². The van der Waals surface area contributed by atoms with Gasteiger partial charge in [0, 0.05) is 25.7 Å². The van der Waals surface area contributed by atoms with E-state index in [0.29, 0.717) is 12.6 Å². The number of likely N-dealkylation sites (N-methyl/N-ethyl adjacent to an activating group) is 1. The molecule has 0 aliphatic rings. The van der Waals surface area contributed by atoms with Gasteiger partial charge in [0.15, 0.2) is 5.96 Å². The average molecular weight is 304 g/mol. The molecule has 2 N–H and O–H groups in total. The van der Waals surface area contributed by atoms with Gasteiger partial charge in [-0.3, -0.25) is 0 Å². The molecule has 0 amide bonds. The number of aryl methyl sites for hydroxylation is 1. The minimum absolute atomic E-state index is 0.619. The van der Waals surface area contributed by atoms with Gasteiger partial charge in [-0.25, -0.2) is 4.99 Å². The number of hydrogen-bond donors (Lipinski definition) is 2. The summed E-state index contributed by atoms with van der Waals surface area (Å²) in [6.45, 7) is 12.2. The van der Waals surface area contributed by atoms with Crippen LogP contribution in [-0.4, -0.2) is 43.6 Å². The molecule has 4 heteroatoms. The lowest BCUT2D eigenvalue weighted by molar-refractivity contribution is 0.255. The molecule has 0 fully saturated rings. The van der Waals surface area contributed by atoms with Crippen LogP contribution in [0.1, 0.15) is 38.3 Å². The van der Waals surface area contributed by atoms with E-state index in [2.05, 4.69) is 79.5 Å². The number of hydrogen-bond acceptors (Lipinski definition) is 2. The van der Waals surface area contributed by atoms with E-state index in [0.717, 1.165) is 25.6 Å². The molecule has 22 heavy (non-hydrogen) atoms. The summed E-state index contributed by atoms with van der Waals surface area (Å²) in [6.07, 6.45) is 1.18. The Morgan fingerprint density at radius 3 is 2.68 bits per heavy atom. The molecule has 0 bridgehead atoms. The van der Waals surface area contributed by atoms with Gasteiger partial charge in [0.2, 0.25) is 0 Å². The van der Waals surface area contributed by atoms with E-state index >= 15 is 0 Å².